The number of hydrogen-bond acceptors (Lipinski definition) is 2. The molecule has 5 nitrogen and oxygen atoms in total. The smallest absolute Gasteiger partial charge is 0.268 e. The third-order valence-corrected chi connectivity index (χ3v) is 3.83. The van der Waals surface area contributed by atoms with E-state index < -0.39 is 0 Å². The lowest BCUT2D eigenvalue weighted by atomic mass is 10.0. The van der Waals surface area contributed by atoms with Crippen LogP contribution in [0.4, 0.5) is 0 Å². The largest absolute Gasteiger partial charge is 0.347 e. The number of hydrogen-bond donors (Lipinski definition) is 2. The average Bonchev–Trinajstić information content (AvgIpc) is 3.09. The lowest BCUT2D eigenvalue weighted by molar-refractivity contribution is 0.0915. The monoisotopic (exact) mass is 296 g/mol. The van der Waals surface area contributed by atoms with Gasteiger partial charge in [0.1, 0.15) is 11.5 Å². The quantitative estimate of drug-likeness (QED) is 0.777. The fraction of sp³-hybridized carbons (Fsp3) is 0.294. The highest BCUT2D eigenvalue weighted by Gasteiger charge is 2.23. The van der Waals surface area contributed by atoms with E-state index in [4.69, 9.17) is 0 Å². The van der Waals surface area contributed by atoms with Gasteiger partial charge >= 0.3 is 0 Å². The van der Waals surface area contributed by atoms with E-state index >= 15 is 0 Å². The second-order valence-corrected chi connectivity index (χ2v) is 5.84. The molecule has 5 heteroatoms. The SMILES string of the molecule is CC(C)C(NC(=O)c1cccn1C)c1nc2ccccc2[nH]1. The van der Waals surface area contributed by atoms with Crippen molar-refractivity contribution in [2.24, 2.45) is 13.0 Å². The number of rotatable bonds is 4. The van der Waals surface area contributed by atoms with Gasteiger partial charge < -0.3 is 14.9 Å². The Morgan fingerprint density at radius 1 is 1.23 bits per heavy atom. The predicted molar refractivity (Wildman–Crippen MR) is 86.6 cm³/mol. The number of carbonyl (C=O) groups excluding carboxylic acids is 1. The number of nitrogens with zero attached hydrogens (tertiary/aromatic N) is 2. The van der Waals surface area contributed by atoms with Gasteiger partial charge in [-0.05, 0) is 30.2 Å². The van der Waals surface area contributed by atoms with Gasteiger partial charge in [-0.2, -0.15) is 0 Å². The third-order valence-electron chi connectivity index (χ3n) is 3.83. The van der Waals surface area contributed by atoms with Crippen LogP contribution in [0, 0.1) is 5.92 Å². The van der Waals surface area contributed by atoms with Gasteiger partial charge in [0.05, 0.1) is 17.1 Å². The van der Waals surface area contributed by atoms with Crippen LogP contribution in [0.25, 0.3) is 11.0 Å². The second kappa shape index (κ2) is 5.67. The van der Waals surface area contributed by atoms with Crippen LogP contribution in [0.15, 0.2) is 42.6 Å². The molecule has 2 aromatic heterocycles. The van der Waals surface area contributed by atoms with Crippen LogP contribution in [-0.2, 0) is 7.05 Å². The Kier molecular flexibility index (Phi) is 3.71. The van der Waals surface area contributed by atoms with Crippen molar-refractivity contribution >= 4 is 16.9 Å². The van der Waals surface area contributed by atoms with E-state index in [1.807, 2.05) is 54.2 Å². The molecule has 0 saturated heterocycles. The number of fused-ring (bicyclic) bond motifs is 1. The molecule has 2 N–H and O–H groups in total. The molecule has 1 unspecified atom stereocenters. The summed E-state index contributed by atoms with van der Waals surface area (Å²) in [5, 5.41) is 3.08. The Morgan fingerprint density at radius 3 is 2.64 bits per heavy atom. The second-order valence-electron chi connectivity index (χ2n) is 5.84. The van der Waals surface area contributed by atoms with Crippen molar-refractivity contribution < 1.29 is 4.79 Å². The summed E-state index contributed by atoms with van der Waals surface area (Å²) in [5.41, 5.74) is 2.54. The normalized spacial score (nSPS) is 12.7. The highest BCUT2D eigenvalue weighted by Crippen LogP contribution is 2.22. The molecule has 114 valence electrons. The first-order valence-electron chi connectivity index (χ1n) is 7.43. The van der Waals surface area contributed by atoms with Crippen molar-refractivity contribution in [2.75, 3.05) is 0 Å². The standard InChI is InChI=1S/C17H20N4O/c1-11(2)15(20-17(22)14-9-6-10-21(14)3)16-18-12-7-4-5-8-13(12)19-16/h4-11,15H,1-3H3,(H,18,19)(H,20,22). The summed E-state index contributed by atoms with van der Waals surface area (Å²) < 4.78 is 1.81. The van der Waals surface area contributed by atoms with Crippen molar-refractivity contribution in [3.8, 4) is 0 Å². The van der Waals surface area contributed by atoms with E-state index in [9.17, 15) is 4.79 Å². The molecule has 1 atom stereocenters. The zero-order valence-corrected chi connectivity index (χ0v) is 13.0. The van der Waals surface area contributed by atoms with Gasteiger partial charge in [-0.1, -0.05) is 26.0 Å². The topological polar surface area (TPSA) is 62.7 Å². The van der Waals surface area contributed by atoms with Crippen molar-refractivity contribution in [2.45, 2.75) is 19.9 Å². The number of amides is 1. The Morgan fingerprint density at radius 2 is 2.00 bits per heavy atom. The van der Waals surface area contributed by atoms with Crippen molar-refractivity contribution in [3.05, 3.63) is 54.1 Å². The Hall–Kier alpha value is -2.56. The lowest BCUT2D eigenvalue weighted by Crippen LogP contribution is -2.33. The molecule has 22 heavy (non-hydrogen) atoms. The summed E-state index contributed by atoms with van der Waals surface area (Å²) in [4.78, 5) is 20.4. The van der Waals surface area contributed by atoms with Crippen LogP contribution >= 0.6 is 0 Å². The third kappa shape index (κ3) is 2.62. The van der Waals surface area contributed by atoms with Crippen LogP contribution < -0.4 is 5.32 Å². The first kappa shape index (κ1) is 14.4. The van der Waals surface area contributed by atoms with Gasteiger partial charge in [-0.25, -0.2) is 4.98 Å². The summed E-state index contributed by atoms with van der Waals surface area (Å²) in [6.45, 7) is 4.15. The molecule has 0 aliphatic rings. The number of para-hydroxylation sites is 2. The molecule has 3 rings (SSSR count). The number of aromatic nitrogens is 3. The molecule has 1 amide bonds. The van der Waals surface area contributed by atoms with Gasteiger partial charge in [0.15, 0.2) is 0 Å². The first-order chi connectivity index (χ1) is 10.6. The molecule has 0 bridgehead atoms. The number of nitrogens with one attached hydrogen (secondary N) is 2. The molecule has 0 spiro atoms. The Labute approximate surface area is 129 Å². The van der Waals surface area contributed by atoms with E-state index in [0.717, 1.165) is 16.9 Å². The minimum Gasteiger partial charge on any atom is -0.347 e. The van der Waals surface area contributed by atoms with Crippen LogP contribution in [-0.4, -0.2) is 20.4 Å². The average molecular weight is 296 g/mol. The first-order valence-corrected chi connectivity index (χ1v) is 7.43. The maximum atomic E-state index is 12.5. The molecule has 0 saturated carbocycles. The number of aromatic amines is 1. The van der Waals surface area contributed by atoms with E-state index in [0.29, 0.717) is 5.69 Å². The predicted octanol–water partition coefficient (Wildman–Crippen LogP) is 3.03. The highest BCUT2D eigenvalue weighted by atomic mass is 16.2. The molecule has 0 aliphatic carbocycles. The Bertz CT molecular complexity index is 767. The number of aryl methyl sites for hydroxylation is 1. The van der Waals surface area contributed by atoms with Gasteiger partial charge in [0, 0.05) is 13.2 Å². The van der Waals surface area contributed by atoms with Crippen LogP contribution in [0.2, 0.25) is 0 Å². The minimum atomic E-state index is -0.158. The zero-order valence-electron chi connectivity index (χ0n) is 13.0. The molecule has 1 aromatic carbocycles. The Balaban J connectivity index is 1.90. The molecule has 0 fully saturated rings. The van der Waals surface area contributed by atoms with Crippen molar-refractivity contribution in [1.29, 1.82) is 0 Å². The highest BCUT2D eigenvalue weighted by molar-refractivity contribution is 5.93. The summed E-state index contributed by atoms with van der Waals surface area (Å²) in [6, 6.07) is 11.4. The molecule has 3 aromatic rings. The summed E-state index contributed by atoms with van der Waals surface area (Å²) >= 11 is 0. The molecule has 2 heterocycles. The van der Waals surface area contributed by atoms with Crippen LogP contribution in [0.1, 0.15) is 36.2 Å². The summed E-state index contributed by atoms with van der Waals surface area (Å²) in [5.74, 6) is 0.926. The van der Waals surface area contributed by atoms with Gasteiger partial charge in [-0.3, -0.25) is 4.79 Å². The summed E-state index contributed by atoms with van der Waals surface area (Å²) in [7, 11) is 1.86. The fourth-order valence-corrected chi connectivity index (χ4v) is 2.58. The number of H-pyrrole nitrogens is 1. The molecule has 0 radical (unpaired) electrons. The number of benzene rings is 1. The van der Waals surface area contributed by atoms with Crippen molar-refractivity contribution in [3.63, 3.8) is 0 Å². The van der Waals surface area contributed by atoms with Gasteiger partial charge in [0.2, 0.25) is 0 Å². The van der Waals surface area contributed by atoms with Gasteiger partial charge in [-0.15, -0.1) is 0 Å². The lowest BCUT2D eigenvalue weighted by Gasteiger charge is -2.20. The zero-order chi connectivity index (χ0) is 15.7. The summed E-state index contributed by atoms with van der Waals surface area (Å²) in [6.07, 6.45) is 1.86. The van der Waals surface area contributed by atoms with Crippen molar-refractivity contribution in [1.82, 2.24) is 19.9 Å². The number of carbonyl (C=O) groups is 1. The van der Waals surface area contributed by atoms with E-state index in [1.165, 1.54) is 0 Å². The van der Waals surface area contributed by atoms with Crippen LogP contribution in [0.3, 0.4) is 0 Å². The van der Waals surface area contributed by atoms with E-state index in [2.05, 4.69) is 29.1 Å². The van der Waals surface area contributed by atoms with Gasteiger partial charge in [0.25, 0.3) is 5.91 Å². The maximum Gasteiger partial charge on any atom is 0.268 e. The minimum absolute atomic E-state index is 0.0911. The molecular weight excluding hydrogens is 276 g/mol. The fourth-order valence-electron chi connectivity index (χ4n) is 2.58. The number of imidazole rings is 1. The van der Waals surface area contributed by atoms with Crippen LogP contribution in [0.5, 0.6) is 0 Å². The molecular formula is C17H20N4O. The van der Waals surface area contributed by atoms with E-state index in [1.54, 1.807) is 0 Å². The maximum absolute atomic E-state index is 12.5. The van der Waals surface area contributed by atoms with E-state index in [-0.39, 0.29) is 17.9 Å². The molecule has 0 aliphatic heterocycles.